The van der Waals surface area contributed by atoms with Crippen molar-refractivity contribution in [2.24, 2.45) is 0 Å². The SMILES string of the molecule is CCCCCCCC/C=C\CCCCCCCCCCCCOCC(CO)OC(=O)CCCCCCCCCCCCCCCCC. The highest BCUT2D eigenvalue weighted by atomic mass is 16.6. The lowest BCUT2D eigenvalue weighted by atomic mass is 10.0. The predicted octanol–water partition coefficient (Wildman–Crippen LogP) is 13.8. The number of rotatable bonds is 40. The van der Waals surface area contributed by atoms with E-state index >= 15 is 0 Å². The van der Waals surface area contributed by atoms with Crippen LogP contribution in [-0.4, -0.2) is 37.0 Å². The third-order valence-corrected chi connectivity index (χ3v) is 9.59. The van der Waals surface area contributed by atoms with Crippen LogP contribution in [0.3, 0.4) is 0 Å². The molecule has 0 heterocycles. The summed E-state index contributed by atoms with van der Waals surface area (Å²) in [5, 5.41) is 9.59. The molecule has 0 bridgehead atoms. The molecule has 1 N–H and O–H groups in total. The first kappa shape index (κ1) is 46.1. The number of unbranched alkanes of at least 4 members (excludes halogenated alkanes) is 30. The quantitative estimate of drug-likeness (QED) is 0.0402. The van der Waals surface area contributed by atoms with Gasteiger partial charge in [-0.05, 0) is 38.5 Å². The first-order valence-electron chi connectivity index (χ1n) is 21.3. The molecule has 1 atom stereocenters. The molecule has 0 aliphatic rings. The van der Waals surface area contributed by atoms with Crippen molar-refractivity contribution in [3.8, 4) is 0 Å². The Morgan fingerprint density at radius 2 is 0.830 bits per heavy atom. The summed E-state index contributed by atoms with van der Waals surface area (Å²) in [4.78, 5) is 12.2. The molecule has 0 aromatic heterocycles. The number of carbonyl (C=O) groups is 1. The van der Waals surface area contributed by atoms with Crippen molar-refractivity contribution < 1.29 is 19.4 Å². The molecule has 47 heavy (non-hydrogen) atoms. The highest BCUT2D eigenvalue weighted by molar-refractivity contribution is 5.69. The van der Waals surface area contributed by atoms with E-state index in [-0.39, 0.29) is 12.6 Å². The summed E-state index contributed by atoms with van der Waals surface area (Å²) in [7, 11) is 0. The zero-order valence-corrected chi connectivity index (χ0v) is 32.1. The van der Waals surface area contributed by atoms with Crippen LogP contribution in [-0.2, 0) is 14.3 Å². The van der Waals surface area contributed by atoms with Gasteiger partial charge in [0.25, 0.3) is 0 Å². The van der Waals surface area contributed by atoms with Gasteiger partial charge in [0.1, 0.15) is 6.10 Å². The van der Waals surface area contributed by atoms with Gasteiger partial charge in [-0.25, -0.2) is 0 Å². The van der Waals surface area contributed by atoms with Crippen molar-refractivity contribution in [3.63, 3.8) is 0 Å². The standard InChI is InChI=1S/C43H84O4/c1-3-5-7-9-11-13-15-17-19-20-21-22-23-25-27-29-31-33-35-37-39-46-41-42(40-44)47-43(45)38-36-34-32-30-28-26-24-18-16-14-12-10-8-6-4-2/h17,19,42,44H,3-16,18,20-41H2,1-2H3/b19-17-. The van der Waals surface area contributed by atoms with Crippen LogP contribution in [0, 0.1) is 0 Å². The highest BCUT2D eigenvalue weighted by Crippen LogP contribution is 2.15. The minimum atomic E-state index is -0.528. The Morgan fingerprint density at radius 1 is 0.489 bits per heavy atom. The second-order valence-electron chi connectivity index (χ2n) is 14.4. The van der Waals surface area contributed by atoms with Crippen LogP contribution < -0.4 is 0 Å². The Bertz CT molecular complexity index is 619. The van der Waals surface area contributed by atoms with Crippen molar-refractivity contribution in [2.75, 3.05) is 19.8 Å². The Kier molecular flexibility index (Phi) is 40.5. The van der Waals surface area contributed by atoms with Gasteiger partial charge in [0.2, 0.25) is 0 Å². The topological polar surface area (TPSA) is 55.8 Å². The summed E-state index contributed by atoms with van der Waals surface area (Å²) in [6, 6.07) is 0. The van der Waals surface area contributed by atoms with E-state index in [2.05, 4.69) is 26.0 Å². The van der Waals surface area contributed by atoms with Crippen molar-refractivity contribution in [1.82, 2.24) is 0 Å². The van der Waals surface area contributed by atoms with E-state index < -0.39 is 6.10 Å². The van der Waals surface area contributed by atoms with Gasteiger partial charge in [-0.2, -0.15) is 0 Å². The van der Waals surface area contributed by atoms with Gasteiger partial charge in [-0.15, -0.1) is 0 Å². The molecular formula is C43H84O4. The fourth-order valence-electron chi connectivity index (χ4n) is 6.38. The molecule has 0 aliphatic heterocycles. The van der Waals surface area contributed by atoms with Crippen LogP contribution in [0.1, 0.15) is 232 Å². The van der Waals surface area contributed by atoms with Crippen molar-refractivity contribution >= 4 is 5.97 Å². The Morgan fingerprint density at radius 3 is 1.21 bits per heavy atom. The largest absolute Gasteiger partial charge is 0.457 e. The number of hydrogen-bond acceptors (Lipinski definition) is 4. The summed E-state index contributed by atoms with van der Waals surface area (Å²) in [6.07, 6.45) is 48.4. The molecule has 0 spiro atoms. The molecule has 0 fully saturated rings. The maximum absolute atomic E-state index is 12.2. The van der Waals surface area contributed by atoms with E-state index in [1.165, 1.54) is 193 Å². The summed E-state index contributed by atoms with van der Waals surface area (Å²) >= 11 is 0. The van der Waals surface area contributed by atoms with Crippen molar-refractivity contribution in [2.45, 2.75) is 238 Å². The highest BCUT2D eigenvalue weighted by Gasteiger charge is 2.13. The first-order chi connectivity index (χ1) is 23.2. The minimum Gasteiger partial charge on any atom is -0.457 e. The molecule has 1 unspecified atom stereocenters. The lowest BCUT2D eigenvalue weighted by Crippen LogP contribution is -2.27. The van der Waals surface area contributed by atoms with Crippen LogP contribution in [0.5, 0.6) is 0 Å². The smallest absolute Gasteiger partial charge is 0.306 e. The third-order valence-electron chi connectivity index (χ3n) is 9.59. The van der Waals surface area contributed by atoms with E-state index in [0.29, 0.717) is 19.6 Å². The number of aliphatic hydroxyl groups excluding tert-OH is 1. The van der Waals surface area contributed by atoms with E-state index in [1.807, 2.05) is 0 Å². The zero-order chi connectivity index (χ0) is 34.1. The Balaban J connectivity index is 3.37. The summed E-state index contributed by atoms with van der Waals surface area (Å²) in [5.74, 6) is -0.196. The predicted molar refractivity (Wildman–Crippen MR) is 205 cm³/mol. The third kappa shape index (κ3) is 39.5. The molecule has 4 heteroatoms. The van der Waals surface area contributed by atoms with Gasteiger partial charge in [0, 0.05) is 13.0 Å². The fraction of sp³-hybridized carbons (Fsp3) is 0.930. The lowest BCUT2D eigenvalue weighted by molar-refractivity contribution is -0.154. The number of carbonyl (C=O) groups excluding carboxylic acids is 1. The maximum Gasteiger partial charge on any atom is 0.306 e. The van der Waals surface area contributed by atoms with Gasteiger partial charge in [0.15, 0.2) is 0 Å². The fourth-order valence-corrected chi connectivity index (χ4v) is 6.38. The van der Waals surface area contributed by atoms with E-state index in [1.54, 1.807) is 0 Å². The molecule has 0 aromatic carbocycles. The summed E-state index contributed by atoms with van der Waals surface area (Å²) in [5.41, 5.74) is 0. The number of ether oxygens (including phenoxy) is 2. The molecule has 0 aliphatic carbocycles. The summed E-state index contributed by atoms with van der Waals surface area (Å²) < 4.78 is 11.2. The van der Waals surface area contributed by atoms with Crippen molar-refractivity contribution in [3.05, 3.63) is 12.2 Å². The molecule has 0 saturated heterocycles. The van der Waals surface area contributed by atoms with Crippen molar-refractivity contribution in [1.29, 1.82) is 0 Å². The zero-order valence-electron chi connectivity index (χ0n) is 32.1. The van der Waals surface area contributed by atoms with Crippen LogP contribution in [0.4, 0.5) is 0 Å². The van der Waals surface area contributed by atoms with Gasteiger partial charge in [-0.3, -0.25) is 4.79 Å². The molecule has 4 nitrogen and oxygen atoms in total. The van der Waals surface area contributed by atoms with Crippen LogP contribution >= 0.6 is 0 Å². The second kappa shape index (κ2) is 41.3. The molecule has 0 amide bonds. The van der Waals surface area contributed by atoms with Crippen LogP contribution in [0.15, 0.2) is 12.2 Å². The van der Waals surface area contributed by atoms with Gasteiger partial charge >= 0.3 is 5.97 Å². The molecule has 0 aromatic rings. The first-order valence-corrected chi connectivity index (χ1v) is 21.3. The Labute approximate surface area is 295 Å². The number of aliphatic hydroxyl groups is 1. The molecule has 0 rings (SSSR count). The lowest BCUT2D eigenvalue weighted by Gasteiger charge is -2.16. The summed E-state index contributed by atoms with van der Waals surface area (Å²) in [6.45, 7) is 5.38. The number of esters is 1. The van der Waals surface area contributed by atoms with E-state index in [4.69, 9.17) is 9.47 Å². The molecule has 280 valence electrons. The van der Waals surface area contributed by atoms with Gasteiger partial charge in [-0.1, -0.05) is 199 Å². The van der Waals surface area contributed by atoms with E-state index in [9.17, 15) is 9.90 Å². The Hall–Kier alpha value is -0.870. The van der Waals surface area contributed by atoms with Gasteiger partial charge in [0.05, 0.1) is 13.2 Å². The maximum atomic E-state index is 12.2. The molecule has 0 radical (unpaired) electrons. The van der Waals surface area contributed by atoms with Crippen LogP contribution in [0.25, 0.3) is 0 Å². The minimum absolute atomic E-state index is 0.166. The van der Waals surface area contributed by atoms with E-state index in [0.717, 1.165) is 19.3 Å². The molecule has 0 saturated carbocycles. The average Bonchev–Trinajstić information content (AvgIpc) is 3.08. The molecular weight excluding hydrogens is 580 g/mol. The number of hydrogen-bond donors (Lipinski definition) is 1. The van der Waals surface area contributed by atoms with Gasteiger partial charge < -0.3 is 14.6 Å². The average molecular weight is 665 g/mol. The van der Waals surface area contributed by atoms with Crippen LogP contribution in [0.2, 0.25) is 0 Å². The second-order valence-corrected chi connectivity index (χ2v) is 14.4. The normalized spacial score (nSPS) is 12.3. The monoisotopic (exact) mass is 665 g/mol. The number of allylic oxidation sites excluding steroid dienone is 2.